The molecule has 1 saturated heterocycles. The zero-order valence-corrected chi connectivity index (χ0v) is 11.1. The van der Waals surface area contributed by atoms with Crippen LogP contribution in [0.15, 0.2) is 22.7 Å². The molecule has 5 heteroatoms. The van der Waals surface area contributed by atoms with Gasteiger partial charge in [0.25, 0.3) is 0 Å². The van der Waals surface area contributed by atoms with Crippen LogP contribution in [0.2, 0.25) is 0 Å². The van der Waals surface area contributed by atoms with Crippen molar-refractivity contribution >= 4 is 27.5 Å². The number of nitrogens with two attached hydrogens (primary N) is 2. The Balaban J connectivity index is 2.27. The van der Waals surface area contributed by atoms with Gasteiger partial charge >= 0.3 is 0 Å². The van der Waals surface area contributed by atoms with Crippen molar-refractivity contribution in [1.82, 2.24) is 0 Å². The fraction of sp³-hybridized carbons (Fsp3) is 0.417. The maximum atomic E-state index is 11.3. The van der Waals surface area contributed by atoms with E-state index in [2.05, 4.69) is 20.8 Å². The molecule has 1 aromatic carbocycles. The van der Waals surface area contributed by atoms with E-state index in [0.29, 0.717) is 6.54 Å². The Kier molecular flexibility index (Phi) is 3.69. The van der Waals surface area contributed by atoms with Crippen molar-refractivity contribution in [3.05, 3.63) is 28.2 Å². The summed E-state index contributed by atoms with van der Waals surface area (Å²) in [7, 11) is 0. The predicted octanol–water partition coefficient (Wildman–Crippen LogP) is 1.36. The summed E-state index contributed by atoms with van der Waals surface area (Å²) in [6.45, 7) is 1.38. The number of hydrogen-bond donors (Lipinski definition) is 2. The van der Waals surface area contributed by atoms with Gasteiger partial charge in [-0.05, 0) is 30.5 Å². The Morgan fingerprint density at radius 1 is 1.53 bits per heavy atom. The summed E-state index contributed by atoms with van der Waals surface area (Å²) in [5.74, 6) is -0.249. The highest BCUT2D eigenvalue weighted by Crippen LogP contribution is 2.29. The third-order valence-corrected chi connectivity index (χ3v) is 3.91. The third kappa shape index (κ3) is 2.45. The molecule has 1 fully saturated rings. The summed E-state index contributed by atoms with van der Waals surface area (Å²) in [6.07, 6.45) is 1.84. The first kappa shape index (κ1) is 12.4. The second-order valence-corrected chi connectivity index (χ2v) is 5.09. The van der Waals surface area contributed by atoms with Crippen molar-refractivity contribution in [2.24, 2.45) is 11.5 Å². The highest BCUT2D eigenvalue weighted by molar-refractivity contribution is 9.10. The summed E-state index contributed by atoms with van der Waals surface area (Å²) < 4.78 is 0.979. The first-order valence-electron chi connectivity index (χ1n) is 5.68. The Bertz CT molecular complexity index is 436. The van der Waals surface area contributed by atoms with Gasteiger partial charge in [0, 0.05) is 23.2 Å². The minimum Gasteiger partial charge on any atom is -0.368 e. The number of carbonyl (C=O) groups excluding carboxylic acids is 1. The molecule has 4 N–H and O–H groups in total. The number of hydrogen-bond acceptors (Lipinski definition) is 3. The van der Waals surface area contributed by atoms with Gasteiger partial charge in [0.15, 0.2) is 0 Å². The first-order valence-corrected chi connectivity index (χ1v) is 6.47. The maximum Gasteiger partial charge on any atom is 0.240 e. The summed E-state index contributed by atoms with van der Waals surface area (Å²) in [6, 6.07) is 5.80. The standard InChI is InChI=1S/C12H16BrN3O/c13-10-6-9(4-3-8(10)7-14)16-5-1-2-11(16)12(15)17/h3-4,6,11H,1-2,5,7,14H2,(H2,15,17). The van der Waals surface area contributed by atoms with Gasteiger partial charge in [0.05, 0.1) is 0 Å². The molecule has 1 amide bonds. The number of rotatable bonds is 3. The molecule has 0 radical (unpaired) electrons. The quantitative estimate of drug-likeness (QED) is 0.885. The summed E-state index contributed by atoms with van der Waals surface area (Å²) in [4.78, 5) is 13.4. The molecule has 0 bridgehead atoms. The molecule has 1 atom stereocenters. The van der Waals surface area contributed by atoms with Crippen LogP contribution in [-0.2, 0) is 11.3 Å². The van der Waals surface area contributed by atoms with Gasteiger partial charge < -0.3 is 16.4 Å². The van der Waals surface area contributed by atoms with Crippen molar-refractivity contribution in [2.75, 3.05) is 11.4 Å². The Morgan fingerprint density at radius 3 is 2.88 bits per heavy atom. The van der Waals surface area contributed by atoms with Crippen molar-refractivity contribution < 1.29 is 4.79 Å². The average Bonchev–Trinajstić information content (AvgIpc) is 2.77. The molecule has 0 saturated carbocycles. The molecule has 92 valence electrons. The molecule has 1 aliphatic heterocycles. The van der Waals surface area contributed by atoms with Crippen molar-refractivity contribution in [2.45, 2.75) is 25.4 Å². The molecule has 4 nitrogen and oxygen atoms in total. The lowest BCUT2D eigenvalue weighted by molar-refractivity contribution is -0.119. The maximum absolute atomic E-state index is 11.3. The lowest BCUT2D eigenvalue weighted by atomic mass is 10.1. The van der Waals surface area contributed by atoms with E-state index < -0.39 is 0 Å². The Morgan fingerprint density at radius 2 is 2.29 bits per heavy atom. The number of primary amides is 1. The number of halogens is 1. The van der Waals surface area contributed by atoms with Gasteiger partial charge in [0.1, 0.15) is 6.04 Å². The second kappa shape index (κ2) is 5.06. The van der Waals surface area contributed by atoms with E-state index in [1.165, 1.54) is 0 Å². The minimum absolute atomic E-state index is 0.175. The van der Waals surface area contributed by atoms with Crippen LogP contribution in [0.3, 0.4) is 0 Å². The predicted molar refractivity (Wildman–Crippen MR) is 71.6 cm³/mol. The van der Waals surface area contributed by atoms with Crippen molar-refractivity contribution in [1.29, 1.82) is 0 Å². The zero-order valence-electron chi connectivity index (χ0n) is 9.53. The van der Waals surface area contributed by atoms with E-state index >= 15 is 0 Å². The molecule has 1 aliphatic rings. The van der Waals surface area contributed by atoms with Crippen LogP contribution in [0.1, 0.15) is 18.4 Å². The molecule has 0 aromatic heterocycles. The molecule has 1 aromatic rings. The first-order chi connectivity index (χ1) is 8.13. The number of amides is 1. The van der Waals surface area contributed by atoms with E-state index in [0.717, 1.165) is 35.1 Å². The number of carbonyl (C=O) groups is 1. The monoisotopic (exact) mass is 297 g/mol. The number of nitrogens with zero attached hydrogens (tertiary/aromatic N) is 1. The number of benzene rings is 1. The minimum atomic E-state index is -0.249. The van der Waals surface area contributed by atoms with E-state index in [-0.39, 0.29) is 11.9 Å². The molecule has 1 heterocycles. The smallest absolute Gasteiger partial charge is 0.240 e. The van der Waals surface area contributed by atoms with Crippen LogP contribution >= 0.6 is 15.9 Å². The average molecular weight is 298 g/mol. The fourth-order valence-corrected chi connectivity index (χ4v) is 2.78. The van der Waals surface area contributed by atoms with Crippen LogP contribution in [0.25, 0.3) is 0 Å². The molecule has 2 rings (SSSR count). The van der Waals surface area contributed by atoms with Crippen LogP contribution in [-0.4, -0.2) is 18.5 Å². The molecule has 17 heavy (non-hydrogen) atoms. The topological polar surface area (TPSA) is 72.3 Å². The van der Waals surface area contributed by atoms with E-state index in [4.69, 9.17) is 11.5 Å². The molecular formula is C12H16BrN3O. The van der Waals surface area contributed by atoms with Gasteiger partial charge in [-0.3, -0.25) is 4.79 Å². The van der Waals surface area contributed by atoms with Gasteiger partial charge in [-0.1, -0.05) is 22.0 Å². The largest absolute Gasteiger partial charge is 0.368 e. The Hall–Kier alpha value is -1.07. The van der Waals surface area contributed by atoms with Crippen molar-refractivity contribution in [3.63, 3.8) is 0 Å². The highest BCUT2D eigenvalue weighted by atomic mass is 79.9. The van der Waals surface area contributed by atoms with Gasteiger partial charge in [0.2, 0.25) is 5.91 Å². The summed E-state index contributed by atoms with van der Waals surface area (Å²) in [5, 5.41) is 0. The SMILES string of the molecule is NCc1ccc(N2CCCC2C(N)=O)cc1Br. The van der Waals surface area contributed by atoms with Gasteiger partial charge in [-0.15, -0.1) is 0 Å². The van der Waals surface area contributed by atoms with Gasteiger partial charge in [-0.25, -0.2) is 0 Å². The van der Waals surface area contributed by atoms with E-state index in [9.17, 15) is 4.79 Å². The second-order valence-electron chi connectivity index (χ2n) is 4.23. The van der Waals surface area contributed by atoms with Crippen molar-refractivity contribution in [3.8, 4) is 0 Å². The van der Waals surface area contributed by atoms with Crippen LogP contribution in [0.5, 0.6) is 0 Å². The highest BCUT2D eigenvalue weighted by Gasteiger charge is 2.29. The lowest BCUT2D eigenvalue weighted by Crippen LogP contribution is -2.40. The summed E-state index contributed by atoms with van der Waals surface area (Å²) in [5.41, 5.74) is 13.1. The fourth-order valence-electron chi connectivity index (χ4n) is 2.25. The van der Waals surface area contributed by atoms with Crippen LogP contribution in [0.4, 0.5) is 5.69 Å². The van der Waals surface area contributed by atoms with E-state index in [1.807, 2.05) is 18.2 Å². The number of anilines is 1. The Labute approximate surface area is 109 Å². The summed E-state index contributed by atoms with van der Waals surface area (Å²) >= 11 is 3.49. The lowest BCUT2D eigenvalue weighted by Gasteiger charge is -2.25. The molecule has 0 aliphatic carbocycles. The van der Waals surface area contributed by atoms with Gasteiger partial charge in [-0.2, -0.15) is 0 Å². The van der Waals surface area contributed by atoms with Crippen LogP contribution < -0.4 is 16.4 Å². The normalized spacial score (nSPS) is 19.6. The molecule has 0 spiro atoms. The van der Waals surface area contributed by atoms with Crippen LogP contribution in [0, 0.1) is 0 Å². The van der Waals surface area contributed by atoms with E-state index in [1.54, 1.807) is 0 Å². The third-order valence-electron chi connectivity index (χ3n) is 3.17. The molecule has 1 unspecified atom stereocenters. The molecular weight excluding hydrogens is 282 g/mol. The zero-order chi connectivity index (χ0) is 12.4.